The van der Waals surface area contributed by atoms with E-state index in [0.717, 1.165) is 0 Å². The Morgan fingerprint density at radius 3 is 1.55 bits per heavy atom. The maximum atomic E-state index is 9.14. The first-order chi connectivity index (χ1) is 5.04. The second kappa shape index (κ2) is 3.04. The third-order valence-electron chi connectivity index (χ3n) is 2.12. The Morgan fingerprint density at radius 2 is 1.18 bits per heavy atom. The Kier molecular flexibility index (Phi) is 2.46. The Morgan fingerprint density at radius 1 is 0.818 bits per heavy atom. The van der Waals surface area contributed by atoms with E-state index in [1.807, 2.05) is 0 Å². The van der Waals surface area contributed by atoms with Gasteiger partial charge in [0.05, 0.1) is 12.2 Å². The molecule has 0 saturated heterocycles. The summed E-state index contributed by atoms with van der Waals surface area (Å²) in [6, 6.07) is -1.08. The lowest BCUT2D eigenvalue weighted by atomic mass is 9.85. The monoisotopic (exact) mass is 162 g/mol. The third kappa shape index (κ3) is 1.52. The molecule has 5 atom stereocenters. The van der Waals surface area contributed by atoms with Crippen molar-refractivity contribution >= 4 is 0 Å². The molecular formula is C6H14N2O3. The summed E-state index contributed by atoms with van der Waals surface area (Å²) in [5, 5.41) is 27.4. The van der Waals surface area contributed by atoms with Crippen LogP contribution in [-0.4, -0.2) is 45.7 Å². The highest BCUT2D eigenvalue weighted by atomic mass is 16.4. The molecule has 1 aliphatic rings. The summed E-state index contributed by atoms with van der Waals surface area (Å²) >= 11 is 0. The maximum Gasteiger partial charge on any atom is 0.109 e. The summed E-state index contributed by atoms with van der Waals surface area (Å²) in [4.78, 5) is 0. The van der Waals surface area contributed by atoms with Gasteiger partial charge in [0.25, 0.3) is 0 Å². The van der Waals surface area contributed by atoms with Crippen LogP contribution in [0.4, 0.5) is 0 Å². The number of nitrogens with two attached hydrogens (primary N) is 2. The SMILES string of the molecule is N[C@@H]1C[C@H](N)[C@H](O)C(O)[C@H]1O. The smallest absolute Gasteiger partial charge is 0.109 e. The lowest BCUT2D eigenvalue weighted by molar-refractivity contribution is -0.100. The van der Waals surface area contributed by atoms with Crippen LogP contribution in [0.5, 0.6) is 0 Å². The molecule has 0 amide bonds. The van der Waals surface area contributed by atoms with Crippen LogP contribution in [-0.2, 0) is 0 Å². The topological polar surface area (TPSA) is 113 Å². The van der Waals surface area contributed by atoms with Gasteiger partial charge >= 0.3 is 0 Å². The normalized spacial score (nSPS) is 52.6. The van der Waals surface area contributed by atoms with Crippen molar-refractivity contribution in [2.75, 3.05) is 0 Å². The van der Waals surface area contributed by atoms with Crippen LogP contribution in [0.25, 0.3) is 0 Å². The van der Waals surface area contributed by atoms with E-state index in [2.05, 4.69) is 0 Å². The van der Waals surface area contributed by atoms with Gasteiger partial charge in [0.15, 0.2) is 0 Å². The molecule has 5 nitrogen and oxygen atoms in total. The third-order valence-corrected chi connectivity index (χ3v) is 2.12. The van der Waals surface area contributed by atoms with Crippen molar-refractivity contribution in [1.29, 1.82) is 0 Å². The number of aliphatic hydroxyl groups is 3. The van der Waals surface area contributed by atoms with E-state index in [1.54, 1.807) is 0 Å². The van der Waals surface area contributed by atoms with Crippen LogP contribution in [0.15, 0.2) is 0 Å². The lowest BCUT2D eigenvalue weighted by Crippen LogP contribution is -2.61. The number of hydrogen-bond donors (Lipinski definition) is 5. The van der Waals surface area contributed by atoms with E-state index in [9.17, 15) is 0 Å². The van der Waals surface area contributed by atoms with E-state index in [-0.39, 0.29) is 0 Å². The standard InChI is InChI=1S/C6H14N2O3/c7-2-1-3(8)5(10)6(11)4(2)9/h2-6,9-11H,1,7-8H2/t2-,3+,4-,5-,6?/m0/s1. The number of hydrogen-bond acceptors (Lipinski definition) is 5. The van der Waals surface area contributed by atoms with Crippen molar-refractivity contribution in [3.8, 4) is 0 Å². The second-order valence-corrected chi connectivity index (χ2v) is 3.04. The van der Waals surface area contributed by atoms with Crippen molar-refractivity contribution in [1.82, 2.24) is 0 Å². The van der Waals surface area contributed by atoms with Crippen molar-refractivity contribution in [3.05, 3.63) is 0 Å². The molecule has 1 unspecified atom stereocenters. The van der Waals surface area contributed by atoms with E-state index < -0.39 is 30.4 Å². The van der Waals surface area contributed by atoms with Gasteiger partial charge < -0.3 is 26.8 Å². The summed E-state index contributed by atoms with van der Waals surface area (Å²) in [6.45, 7) is 0. The first kappa shape index (κ1) is 8.89. The zero-order valence-electron chi connectivity index (χ0n) is 6.09. The summed E-state index contributed by atoms with van der Waals surface area (Å²) in [6.07, 6.45) is -3.01. The van der Waals surface area contributed by atoms with Crippen molar-refractivity contribution in [2.24, 2.45) is 11.5 Å². The molecule has 0 heterocycles. The molecule has 0 spiro atoms. The molecule has 66 valence electrons. The first-order valence-electron chi connectivity index (χ1n) is 3.59. The van der Waals surface area contributed by atoms with Crippen molar-refractivity contribution in [3.63, 3.8) is 0 Å². The Bertz CT molecular complexity index is 130. The summed E-state index contributed by atoms with van der Waals surface area (Å²) in [7, 11) is 0. The zero-order valence-corrected chi connectivity index (χ0v) is 6.09. The van der Waals surface area contributed by atoms with Crippen LogP contribution in [0.2, 0.25) is 0 Å². The fourth-order valence-corrected chi connectivity index (χ4v) is 1.30. The highest BCUT2D eigenvalue weighted by Gasteiger charge is 2.39. The fraction of sp³-hybridized carbons (Fsp3) is 1.00. The maximum absolute atomic E-state index is 9.14. The molecule has 1 rings (SSSR count). The molecule has 11 heavy (non-hydrogen) atoms. The van der Waals surface area contributed by atoms with Crippen molar-refractivity contribution in [2.45, 2.75) is 36.8 Å². The molecule has 1 fully saturated rings. The van der Waals surface area contributed by atoms with E-state index >= 15 is 0 Å². The average molecular weight is 162 g/mol. The molecular weight excluding hydrogens is 148 g/mol. The minimum atomic E-state index is -1.21. The first-order valence-corrected chi connectivity index (χ1v) is 3.59. The predicted octanol–water partition coefficient (Wildman–Crippen LogP) is -2.87. The van der Waals surface area contributed by atoms with Crippen molar-refractivity contribution < 1.29 is 15.3 Å². The predicted molar refractivity (Wildman–Crippen MR) is 38.6 cm³/mol. The molecule has 0 aromatic rings. The van der Waals surface area contributed by atoms with E-state index in [4.69, 9.17) is 26.8 Å². The van der Waals surface area contributed by atoms with Crippen LogP contribution < -0.4 is 11.5 Å². The highest BCUT2D eigenvalue weighted by Crippen LogP contribution is 2.17. The zero-order chi connectivity index (χ0) is 8.59. The van der Waals surface area contributed by atoms with Crippen LogP contribution >= 0.6 is 0 Å². The quantitative estimate of drug-likeness (QED) is 0.263. The summed E-state index contributed by atoms with van der Waals surface area (Å²) in [5.74, 6) is 0. The largest absolute Gasteiger partial charge is 0.389 e. The van der Waals surface area contributed by atoms with Gasteiger partial charge in [-0.3, -0.25) is 0 Å². The molecule has 1 aliphatic carbocycles. The molecule has 1 saturated carbocycles. The molecule has 0 aromatic heterocycles. The second-order valence-electron chi connectivity index (χ2n) is 3.04. The van der Waals surface area contributed by atoms with Gasteiger partial charge in [0.1, 0.15) is 6.10 Å². The minimum absolute atomic E-state index is 0.333. The molecule has 0 aromatic carbocycles. The van der Waals surface area contributed by atoms with Gasteiger partial charge in [-0.1, -0.05) is 0 Å². The lowest BCUT2D eigenvalue weighted by Gasteiger charge is -2.37. The van der Waals surface area contributed by atoms with Gasteiger partial charge in [-0.25, -0.2) is 0 Å². The Hall–Kier alpha value is -0.200. The van der Waals surface area contributed by atoms with E-state index in [0.29, 0.717) is 6.42 Å². The number of rotatable bonds is 0. The molecule has 7 N–H and O–H groups in total. The molecule has 0 aliphatic heterocycles. The van der Waals surface area contributed by atoms with Gasteiger partial charge in [0.2, 0.25) is 0 Å². The molecule has 0 bridgehead atoms. The van der Waals surface area contributed by atoms with Gasteiger partial charge in [-0.2, -0.15) is 0 Å². The number of aliphatic hydroxyl groups excluding tert-OH is 3. The summed E-state index contributed by atoms with van der Waals surface area (Å²) in [5.41, 5.74) is 10.8. The fourth-order valence-electron chi connectivity index (χ4n) is 1.30. The highest BCUT2D eigenvalue weighted by molar-refractivity contribution is 4.96. The van der Waals surface area contributed by atoms with Crippen LogP contribution in [0.3, 0.4) is 0 Å². The summed E-state index contributed by atoms with van der Waals surface area (Å²) < 4.78 is 0. The van der Waals surface area contributed by atoms with E-state index in [1.165, 1.54) is 0 Å². The molecule has 0 radical (unpaired) electrons. The molecule has 5 heteroatoms. The van der Waals surface area contributed by atoms with Gasteiger partial charge in [0, 0.05) is 12.1 Å². The van der Waals surface area contributed by atoms with Crippen LogP contribution in [0, 0.1) is 0 Å². The van der Waals surface area contributed by atoms with Gasteiger partial charge in [-0.05, 0) is 6.42 Å². The Labute approximate surface area is 64.6 Å². The van der Waals surface area contributed by atoms with Gasteiger partial charge in [-0.15, -0.1) is 0 Å². The minimum Gasteiger partial charge on any atom is -0.389 e. The average Bonchev–Trinajstić information content (AvgIpc) is 1.97. The van der Waals surface area contributed by atoms with Crippen LogP contribution in [0.1, 0.15) is 6.42 Å². The Balaban J connectivity index is 2.63.